The Morgan fingerprint density at radius 1 is 1.04 bits per heavy atom. The number of halogens is 1. The Hall–Kier alpha value is -1.81. The lowest BCUT2D eigenvalue weighted by Gasteiger charge is -2.03. The van der Waals surface area contributed by atoms with Crippen LogP contribution in [0.1, 0.15) is 18.4 Å². The van der Waals surface area contributed by atoms with Gasteiger partial charge in [-0.05, 0) is 55.0 Å². The molecule has 2 heterocycles. The number of fused-ring (bicyclic) bond motifs is 2. The van der Waals surface area contributed by atoms with Gasteiger partial charge in [0.15, 0.2) is 0 Å². The van der Waals surface area contributed by atoms with Gasteiger partial charge < -0.3 is 10.7 Å². The number of aryl methyl sites for hydroxylation is 1. The molecule has 4 aromatic rings. The third-order valence-corrected chi connectivity index (χ3v) is 5.89. The molecule has 4 rings (SSSR count). The van der Waals surface area contributed by atoms with Gasteiger partial charge in [-0.15, -0.1) is 11.3 Å². The Morgan fingerprint density at radius 3 is 2.75 bits per heavy atom. The average molecular weight is 355 g/mol. The number of aromatic amines is 1. The summed E-state index contributed by atoms with van der Waals surface area (Å²) in [5, 5.41) is 3.29. The molecule has 0 atom stereocenters. The molecule has 0 saturated heterocycles. The first-order valence-electron chi connectivity index (χ1n) is 8.26. The third kappa shape index (κ3) is 2.73. The van der Waals surface area contributed by atoms with E-state index < -0.39 is 0 Å². The van der Waals surface area contributed by atoms with Gasteiger partial charge >= 0.3 is 0 Å². The number of rotatable bonds is 5. The van der Waals surface area contributed by atoms with Crippen LogP contribution in [0.3, 0.4) is 0 Å². The molecule has 2 aromatic carbocycles. The Morgan fingerprint density at radius 2 is 1.92 bits per heavy atom. The summed E-state index contributed by atoms with van der Waals surface area (Å²) in [5.41, 5.74) is 9.27. The number of hydrogen-bond acceptors (Lipinski definition) is 2. The van der Waals surface area contributed by atoms with Gasteiger partial charge in [-0.1, -0.05) is 41.9 Å². The van der Waals surface area contributed by atoms with Crippen molar-refractivity contribution in [3.05, 3.63) is 59.1 Å². The third-order valence-electron chi connectivity index (χ3n) is 4.44. The van der Waals surface area contributed by atoms with Crippen LogP contribution in [0.2, 0.25) is 5.02 Å². The van der Waals surface area contributed by atoms with Crippen LogP contribution in [0.25, 0.3) is 31.6 Å². The molecule has 0 unspecified atom stereocenters. The molecule has 0 bridgehead atoms. The minimum Gasteiger partial charge on any atom is -0.352 e. The van der Waals surface area contributed by atoms with E-state index in [0.717, 1.165) is 36.3 Å². The summed E-state index contributed by atoms with van der Waals surface area (Å²) in [5.74, 6) is 0. The molecule has 0 saturated carbocycles. The van der Waals surface area contributed by atoms with Crippen molar-refractivity contribution in [1.29, 1.82) is 0 Å². The quantitative estimate of drug-likeness (QED) is 0.425. The van der Waals surface area contributed by atoms with Crippen molar-refractivity contribution in [3.8, 4) is 10.6 Å². The molecular weight excluding hydrogens is 336 g/mol. The normalized spacial score (nSPS) is 11.6. The van der Waals surface area contributed by atoms with Crippen LogP contribution in [0.15, 0.2) is 48.5 Å². The van der Waals surface area contributed by atoms with Gasteiger partial charge in [-0.25, -0.2) is 0 Å². The van der Waals surface area contributed by atoms with Crippen LogP contribution in [0.5, 0.6) is 0 Å². The first-order chi connectivity index (χ1) is 11.8. The maximum atomic E-state index is 6.42. The topological polar surface area (TPSA) is 41.8 Å². The number of nitrogens with two attached hydrogens (primary N) is 1. The maximum absolute atomic E-state index is 6.42. The first kappa shape index (κ1) is 15.7. The first-order valence-corrected chi connectivity index (χ1v) is 9.45. The number of nitrogens with one attached hydrogen (secondary N) is 1. The second kappa shape index (κ2) is 6.60. The lowest BCUT2D eigenvalue weighted by Crippen LogP contribution is -1.99. The van der Waals surface area contributed by atoms with Crippen molar-refractivity contribution >= 4 is 43.9 Å². The number of H-pyrrole nitrogens is 1. The van der Waals surface area contributed by atoms with Crippen molar-refractivity contribution < 1.29 is 0 Å². The highest BCUT2D eigenvalue weighted by Gasteiger charge is 2.16. The largest absolute Gasteiger partial charge is 0.352 e. The van der Waals surface area contributed by atoms with E-state index in [2.05, 4.69) is 41.4 Å². The molecule has 0 amide bonds. The number of unbranched alkanes of at least 4 members (excludes halogenated alkanes) is 1. The zero-order valence-electron chi connectivity index (χ0n) is 13.3. The Labute approximate surface area is 150 Å². The molecule has 2 nitrogen and oxygen atoms in total. The van der Waals surface area contributed by atoms with Gasteiger partial charge in [-0.3, -0.25) is 0 Å². The van der Waals surface area contributed by atoms with Gasteiger partial charge in [0.1, 0.15) is 0 Å². The lowest BCUT2D eigenvalue weighted by atomic mass is 10.0. The van der Waals surface area contributed by atoms with Crippen molar-refractivity contribution in [2.75, 3.05) is 6.54 Å². The van der Waals surface area contributed by atoms with Crippen molar-refractivity contribution in [2.45, 2.75) is 19.3 Å². The molecule has 0 fully saturated rings. The van der Waals surface area contributed by atoms with Crippen LogP contribution < -0.4 is 5.73 Å². The SMILES string of the molecule is NCCCCc1c(-c2cc3ccccc3s2)[nH]c2c(Cl)cccc12. The van der Waals surface area contributed by atoms with E-state index in [9.17, 15) is 0 Å². The van der Waals surface area contributed by atoms with Gasteiger partial charge in [0.25, 0.3) is 0 Å². The fourth-order valence-electron chi connectivity index (χ4n) is 3.26. The smallest absolute Gasteiger partial charge is 0.0651 e. The van der Waals surface area contributed by atoms with E-state index in [0.29, 0.717) is 0 Å². The van der Waals surface area contributed by atoms with Crippen LogP contribution in [-0.2, 0) is 6.42 Å². The minimum absolute atomic E-state index is 0.737. The van der Waals surface area contributed by atoms with Gasteiger partial charge in [0.05, 0.1) is 21.1 Å². The molecule has 24 heavy (non-hydrogen) atoms. The van der Waals surface area contributed by atoms with Crippen molar-refractivity contribution in [2.24, 2.45) is 5.73 Å². The summed E-state index contributed by atoms with van der Waals surface area (Å²) in [7, 11) is 0. The monoisotopic (exact) mass is 354 g/mol. The highest BCUT2D eigenvalue weighted by Crippen LogP contribution is 2.39. The van der Waals surface area contributed by atoms with E-state index in [-0.39, 0.29) is 0 Å². The number of para-hydroxylation sites is 1. The van der Waals surface area contributed by atoms with E-state index in [1.165, 1.54) is 31.6 Å². The Kier molecular flexibility index (Phi) is 4.31. The molecule has 122 valence electrons. The highest BCUT2D eigenvalue weighted by atomic mass is 35.5. The molecule has 0 aliphatic carbocycles. The maximum Gasteiger partial charge on any atom is 0.0651 e. The summed E-state index contributed by atoms with van der Waals surface area (Å²) in [4.78, 5) is 4.85. The van der Waals surface area contributed by atoms with Crippen LogP contribution in [0.4, 0.5) is 0 Å². The molecule has 4 heteroatoms. The van der Waals surface area contributed by atoms with Crippen LogP contribution in [-0.4, -0.2) is 11.5 Å². The average Bonchev–Trinajstić information content (AvgIpc) is 3.17. The van der Waals surface area contributed by atoms with Crippen LogP contribution in [0, 0.1) is 0 Å². The fourth-order valence-corrected chi connectivity index (χ4v) is 4.57. The summed E-state index contributed by atoms with van der Waals surface area (Å²) in [6, 6.07) is 16.9. The fraction of sp³-hybridized carbons (Fsp3) is 0.200. The number of hydrogen-bond donors (Lipinski definition) is 2. The highest BCUT2D eigenvalue weighted by molar-refractivity contribution is 7.22. The Balaban J connectivity index is 1.89. The molecule has 3 N–H and O–H groups in total. The molecule has 0 aliphatic rings. The zero-order valence-corrected chi connectivity index (χ0v) is 14.9. The predicted molar refractivity (Wildman–Crippen MR) is 106 cm³/mol. The predicted octanol–water partition coefficient (Wildman–Crippen LogP) is 5.98. The second-order valence-electron chi connectivity index (χ2n) is 6.04. The number of benzene rings is 2. The molecule has 0 spiro atoms. The van der Waals surface area contributed by atoms with Crippen molar-refractivity contribution in [3.63, 3.8) is 0 Å². The minimum atomic E-state index is 0.737. The van der Waals surface area contributed by atoms with Crippen LogP contribution >= 0.6 is 22.9 Å². The van der Waals surface area contributed by atoms with Gasteiger partial charge in [0.2, 0.25) is 0 Å². The summed E-state index contributed by atoms with van der Waals surface area (Å²) >= 11 is 8.25. The van der Waals surface area contributed by atoms with Gasteiger partial charge in [-0.2, -0.15) is 0 Å². The number of aromatic nitrogens is 1. The lowest BCUT2D eigenvalue weighted by molar-refractivity contribution is 0.748. The number of thiophene rings is 1. The second-order valence-corrected chi connectivity index (χ2v) is 7.53. The van der Waals surface area contributed by atoms with Crippen molar-refractivity contribution in [1.82, 2.24) is 4.98 Å². The van der Waals surface area contributed by atoms with E-state index in [1.807, 2.05) is 23.5 Å². The standard InChI is InChI=1S/C20H19ClN2S/c21-16-9-5-8-14-15(7-3-4-11-22)20(23-19(14)16)18-12-13-6-1-2-10-17(13)24-18/h1-2,5-6,8-10,12,23H,3-4,7,11,22H2. The molecule has 0 radical (unpaired) electrons. The van der Waals surface area contributed by atoms with E-state index in [1.54, 1.807) is 0 Å². The Bertz CT molecular complexity index is 966. The molecule has 2 aromatic heterocycles. The summed E-state index contributed by atoms with van der Waals surface area (Å²) in [6.07, 6.45) is 3.15. The molecular formula is C20H19ClN2S. The summed E-state index contributed by atoms with van der Waals surface area (Å²) in [6.45, 7) is 0.737. The van der Waals surface area contributed by atoms with E-state index in [4.69, 9.17) is 17.3 Å². The zero-order chi connectivity index (χ0) is 16.5. The van der Waals surface area contributed by atoms with Gasteiger partial charge in [0, 0.05) is 10.1 Å². The van der Waals surface area contributed by atoms with E-state index >= 15 is 0 Å². The molecule has 0 aliphatic heterocycles. The summed E-state index contributed by atoms with van der Waals surface area (Å²) < 4.78 is 1.31.